The summed E-state index contributed by atoms with van der Waals surface area (Å²) in [7, 11) is 1.80. The van der Waals surface area contributed by atoms with Crippen LogP contribution in [0.15, 0.2) is 36.4 Å². The Bertz CT molecular complexity index is 1240. The van der Waals surface area contributed by atoms with E-state index in [1.807, 2.05) is 39.0 Å². The van der Waals surface area contributed by atoms with Gasteiger partial charge in [0.15, 0.2) is 11.5 Å². The van der Waals surface area contributed by atoms with Crippen molar-refractivity contribution < 1.29 is 24.1 Å². The summed E-state index contributed by atoms with van der Waals surface area (Å²) >= 11 is 0. The second kappa shape index (κ2) is 7.96. The van der Waals surface area contributed by atoms with Gasteiger partial charge in [0.25, 0.3) is 0 Å². The van der Waals surface area contributed by atoms with Crippen LogP contribution in [0.5, 0.6) is 11.5 Å². The lowest BCUT2D eigenvalue weighted by molar-refractivity contribution is -0.227. The first-order chi connectivity index (χ1) is 18.1. The summed E-state index contributed by atoms with van der Waals surface area (Å²) in [4.78, 5) is 15.5. The van der Waals surface area contributed by atoms with Crippen LogP contribution in [0.25, 0.3) is 0 Å². The van der Waals surface area contributed by atoms with Gasteiger partial charge in [0.05, 0.1) is 11.0 Å². The number of benzene rings is 1. The average Bonchev–Trinajstić information content (AvgIpc) is 3.53. The summed E-state index contributed by atoms with van der Waals surface area (Å²) in [6.45, 7) is 10.5. The van der Waals surface area contributed by atoms with E-state index in [9.17, 15) is 9.90 Å². The molecule has 3 saturated carbocycles. The molecule has 0 amide bonds. The van der Waals surface area contributed by atoms with Crippen LogP contribution in [-0.4, -0.2) is 59.5 Å². The molecule has 1 spiro atoms. The zero-order chi connectivity index (χ0) is 26.7. The Morgan fingerprint density at radius 3 is 2.74 bits per heavy atom. The number of piperidine rings is 1. The van der Waals surface area contributed by atoms with Crippen molar-refractivity contribution in [3.8, 4) is 11.5 Å². The van der Waals surface area contributed by atoms with Gasteiger partial charge in [-0.2, -0.15) is 0 Å². The smallest absolute Gasteiger partial charge is 0.336 e. The lowest BCUT2D eigenvalue weighted by Crippen LogP contribution is -2.75. The summed E-state index contributed by atoms with van der Waals surface area (Å²) < 4.78 is 19.5. The van der Waals surface area contributed by atoms with Crippen molar-refractivity contribution in [2.75, 3.05) is 20.2 Å². The maximum Gasteiger partial charge on any atom is 0.336 e. The molecular formula is C32H41NO5. The van der Waals surface area contributed by atoms with Crippen molar-refractivity contribution in [1.29, 1.82) is 0 Å². The van der Waals surface area contributed by atoms with Gasteiger partial charge in [-0.3, -0.25) is 4.90 Å². The van der Waals surface area contributed by atoms with Gasteiger partial charge in [-0.15, -0.1) is 0 Å². The van der Waals surface area contributed by atoms with Crippen LogP contribution in [-0.2, 0) is 21.4 Å². The van der Waals surface area contributed by atoms with Crippen LogP contribution < -0.4 is 9.47 Å². The zero-order valence-corrected chi connectivity index (χ0v) is 23.3. The molecule has 6 aliphatic rings. The third kappa shape index (κ3) is 2.97. The number of aliphatic hydroxyl groups is 1. The first-order valence-electron chi connectivity index (χ1n) is 14.5. The van der Waals surface area contributed by atoms with Crippen LogP contribution in [0.3, 0.4) is 0 Å². The molecule has 3 bridgehead atoms. The minimum absolute atomic E-state index is 0.0675. The van der Waals surface area contributed by atoms with E-state index in [0.29, 0.717) is 17.7 Å². The molecule has 0 radical (unpaired) electrons. The SMILES string of the molecule is C/C=C/C=C/C(=O)Oc1ccc2c3c1O[C@H]1[C@]4(OC)CC5CN(CC6CC6)[C@H](C2)[C@](C)(C[C@@H]4C(C)(C)O)[C@]351. The molecule has 7 atom stereocenters. The van der Waals surface area contributed by atoms with Gasteiger partial charge in [0.2, 0.25) is 0 Å². The number of nitrogens with zero attached hydrogens (tertiary/aromatic N) is 1. The topological polar surface area (TPSA) is 68.2 Å². The molecule has 1 N–H and O–H groups in total. The third-order valence-electron chi connectivity index (χ3n) is 11.3. The number of ether oxygens (including phenoxy) is 3. The fraction of sp³-hybridized carbons (Fsp3) is 0.656. The number of likely N-dealkylation sites (tertiary alicyclic amines) is 1. The quantitative estimate of drug-likeness (QED) is 0.246. The summed E-state index contributed by atoms with van der Waals surface area (Å²) in [6.07, 6.45) is 12.0. The second-order valence-electron chi connectivity index (χ2n) is 13.6. The average molecular weight is 520 g/mol. The highest BCUT2D eigenvalue weighted by atomic mass is 16.6. The van der Waals surface area contributed by atoms with E-state index in [4.69, 9.17) is 14.2 Å². The normalized spacial score (nSPS) is 40.7. The van der Waals surface area contributed by atoms with Gasteiger partial charge in [0.1, 0.15) is 11.7 Å². The number of allylic oxidation sites excluding steroid dienone is 3. The molecule has 2 heterocycles. The number of carbonyl (C=O) groups is 1. The van der Waals surface area contributed by atoms with Crippen molar-refractivity contribution in [2.45, 2.75) is 88.6 Å². The highest BCUT2D eigenvalue weighted by molar-refractivity contribution is 5.85. The van der Waals surface area contributed by atoms with Crippen molar-refractivity contribution in [3.05, 3.63) is 47.6 Å². The zero-order valence-electron chi connectivity index (χ0n) is 23.3. The molecule has 2 aliphatic heterocycles. The summed E-state index contributed by atoms with van der Waals surface area (Å²) in [5.41, 5.74) is 0.749. The van der Waals surface area contributed by atoms with Gasteiger partial charge in [-0.05, 0) is 81.8 Å². The van der Waals surface area contributed by atoms with E-state index in [1.165, 1.54) is 36.6 Å². The van der Waals surface area contributed by atoms with Crippen molar-refractivity contribution >= 4 is 5.97 Å². The fourth-order valence-corrected chi connectivity index (χ4v) is 9.86. The molecule has 1 saturated heterocycles. The molecule has 204 valence electrons. The van der Waals surface area contributed by atoms with Crippen LogP contribution in [0.1, 0.15) is 64.5 Å². The van der Waals surface area contributed by atoms with E-state index < -0.39 is 17.2 Å². The number of esters is 1. The summed E-state index contributed by atoms with van der Waals surface area (Å²) in [5.74, 6) is 1.91. The Morgan fingerprint density at radius 1 is 1.26 bits per heavy atom. The van der Waals surface area contributed by atoms with Gasteiger partial charge >= 0.3 is 5.97 Å². The molecule has 7 rings (SSSR count). The lowest BCUT2D eigenvalue weighted by atomic mass is 9.41. The van der Waals surface area contributed by atoms with Crippen molar-refractivity contribution in [1.82, 2.24) is 4.90 Å². The molecule has 1 aromatic rings. The minimum atomic E-state index is -0.915. The molecule has 6 heteroatoms. The number of methoxy groups -OCH3 is 1. The Morgan fingerprint density at radius 2 is 2.05 bits per heavy atom. The van der Waals surface area contributed by atoms with E-state index in [0.717, 1.165) is 37.5 Å². The maximum absolute atomic E-state index is 12.7. The Labute approximate surface area is 226 Å². The molecule has 4 fully saturated rings. The van der Waals surface area contributed by atoms with Crippen LogP contribution >= 0.6 is 0 Å². The first kappa shape index (κ1) is 24.9. The monoisotopic (exact) mass is 519 g/mol. The van der Waals surface area contributed by atoms with Crippen molar-refractivity contribution in [2.24, 2.45) is 23.2 Å². The molecule has 0 aromatic heterocycles. The molecule has 6 nitrogen and oxygen atoms in total. The molecule has 4 aliphatic carbocycles. The highest BCUT2D eigenvalue weighted by Crippen LogP contribution is 2.78. The standard InChI is InChI=1S/C32H41NO5/c1-6-7-8-9-25(34)37-22-13-12-20-14-24-30(4)16-23(29(2,3)35)31(36-5)15-21(18-33(24)17-19-10-11-19)32(30)26(20)27(22)38-28(31)32/h6-9,12-13,19,21,23-24,28,35H,10-11,14-18H2,1-5H3/b7-6+,9-8+/t21?,23-,24-,28+,30+,31+,32+/m1/s1. The number of rotatable bonds is 7. The van der Waals surface area contributed by atoms with Crippen LogP contribution in [0.2, 0.25) is 0 Å². The highest BCUT2D eigenvalue weighted by Gasteiger charge is 2.84. The maximum atomic E-state index is 12.7. The second-order valence-corrected chi connectivity index (χ2v) is 13.6. The van der Waals surface area contributed by atoms with E-state index in [-0.39, 0.29) is 22.9 Å². The van der Waals surface area contributed by atoms with Crippen molar-refractivity contribution in [3.63, 3.8) is 0 Å². The largest absolute Gasteiger partial charge is 0.482 e. The third-order valence-corrected chi connectivity index (χ3v) is 11.3. The van der Waals surface area contributed by atoms with Gasteiger partial charge in [0, 0.05) is 43.8 Å². The number of hydrogen-bond acceptors (Lipinski definition) is 6. The lowest BCUT2D eigenvalue weighted by Gasteiger charge is -2.67. The Balaban J connectivity index is 1.41. The predicted molar refractivity (Wildman–Crippen MR) is 144 cm³/mol. The Hall–Kier alpha value is -2.15. The molecule has 38 heavy (non-hydrogen) atoms. The van der Waals surface area contributed by atoms with Gasteiger partial charge in [-0.1, -0.05) is 31.2 Å². The van der Waals surface area contributed by atoms with E-state index >= 15 is 0 Å². The van der Waals surface area contributed by atoms with Crippen LogP contribution in [0, 0.1) is 23.2 Å². The first-order valence-corrected chi connectivity index (χ1v) is 14.5. The Kier molecular flexibility index (Phi) is 5.20. The minimum Gasteiger partial charge on any atom is -0.482 e. The predicted octanol–water partition coefficient (Wildman–Crippen LogP) is 4.58. The van der Waals surface area contributed by atoms with E-state index in [2.05, 4.69) is 17.9 Å². The molecular weight excluding hydrogens is 478 g/mol. The fourth-order valence-electron chi connectivity index (χ4n) is 9.86. The summed E-state index contributed by atoms with van der Waals surface area (Å²) in [5, 5.41) is 11.6. The number of carbonyl (C=O) groups excluding carboxylic acids is 1. The van der Waals surface area contributed by atoms with Gasteiger partial charge in [-0.25, -0.2) is 4.79 Å². The molecule has 1 aromatic carbocycles. The van der Waals surface area contributed by atoms with E-state index in [1.54, 1.807) is 13.2 Å². The molecule has 1 unspecified atom stereocenters. The van der Waals surface area contributed by atoms with Crippen LogP contribution in [0.4, 0.5) is 0 Å². The summed E-state index contributed by atoms with van der Waals surface area (Å²) in [6, 6.07) is 4.49. The number of hydrogen-bond donors (Lipinski definition) is 1. The van der Waals surface area contributed by atoms with Gasteiger partial charge < -0.3 is 19.3 Å².